The first-order chi connectivity index (χ1) is 8.08. The zero-order valence-corrected chi connectivity index (χ0v) is 9.78. The van der Waals surface area contributed by atoms with Gasteiger partial charge in [-0.3, -0.25) is 4.79 Å². The second kappa shape index (κ2) is 4.33. The van der Waals surface area contributed by atoms with Gasteiger partial charge in [0.25, 0.3) is 5.91 Å². The average Bonchev–Trinajstić information content (AvgIpc) is 2.70. The molecule has 0 radical (unpaired) electrons. The fourth-order valence-corrected chi connectivity index (χ4v) is 1.56. The molecule has 0 saturated carbocycles. The van der Waals surface area contributed by atoms with E-state index in [4.69, 9.17) is 10.2 Å². The number of anilines is 2. The van der Waals surface area contributed by atoms with Gasteiger partial charge in [-0.25, -0.2) is 0 Å². The molecule has 1 aromatic heterocycles. The van der Waals surface area contributed by atoms with Crippen molar-refractivity contribution in [2.45, 2.75) is 13.8 Å². The molecule has 0 fully saturated rings. The molecule has 1 heterocycles. The molecular weight excluding hydrogens is 216 g/mol. The summed E-state index contributed by atoms with van der Waals surface area (Å²) in [7, 11) is 0. The lowest BCUT2D eigenvalue weighted by Gasteiger charge is -2.08. The van der Waals surface area contributed by atoms with Gasteiger partial charge >= 0.3 is 0 Å². The van der Waals surface area contributed by atoms with Gasteiger partial charge in [0, 0.05) is 5.56 Å². The minimum atomic E-state index is -0.287. The van der Waals surface area contributed by atoms with Crippen molar-refractivity contribution in [1.29, 1.82) is 0 Å². The molecule has 0 atom stereocenters. The number of nitrogens with two attached hydrogens (primary N) is 1. The average molecular weight is 230 g/mol. The molecule has 0 saturated heterocycles. The van der Waals surface area contributed by atoms with E-state index in [0.717, 1.165) is 11.1 Å². The summed E-state index contributed by atoms with van der Waals surface area (Å²) in [6, 6.07) is 7.23. The Labute approximate surface area is 99.4 Å². The second-order valence-electron chi connectivity index (χ2n) is 3.98. The normalized spacial score (nSPS) is 10.2. The Morgan fingerprint density at radius 2 is 2.06 bits per heavy atom. The van der Waals surface area contributed by atoms with Crippen LogP contribution in [-0.2, 0) is 0 Å². The fraction of sp³-hybridized carbons (Fsp3) is 0.154. The molecule has 3 N–H and O–H groups in total. The number of amides is 1. The van der Waals surface area contributed by atoms with Gasteiger partial charge in [0.05, 0.1) is 17.6 Å². The zero-order chi connectivity index (χ0) is 12.4. The van der Waals surface area contributed by atoms with Crippen LogP contribution in [0.3, 0.4) is 0 Å². The number of nitrogens with one attached hydrogen (secondary N) is 1. The molecule has 0 aliphatic rings. The summed E-state index contributed by atoms with van der Waals surface area (Å²) in [5.41, 5.74) is 8.75. The smallest absolute Gasteiger partial charge is 0.291 e. The number of rotatable bonds is 2. The van der Waals surface area contributed by atoms with Gasteiger partial charge in [-0.15, -0.1) is 0 Å². The first kappa shape index (κ1) is 11.3. The highest BCUT2D eigenvalue weighted by Crippen LogP contribution is 2.21. The molecule has 2 rings (SSSR count). The van der Waals surface area contributed by atoms with Crippen LogP contribution in [0.25, 0.3) is 0 Å². The van der Waals surface area contributed by atoms with Gasteiger partial charge in [0.1, 0.15) is 0 Å². The summed E-state index contributed by atoms with van der Waals surface area (Å²) in [5, 5.41) is 2.74. The number of benzene rings is 1. The summed E-state index contributed by atoms with van der Waals surface area (Å²) in [5.74, 6) is 0.0238. The van der Waals surface area contributed by atoms with E-state index in [1.807, 2.05) is 26.0 Å². The van der Waals surface area contributed by atoms with Gasteiger partial charge < -0.3 is 15.5 Å². The van der Waals surface area contributed by atoms with Gasteiger partial charge in [0.2, 0.25) is 0 Å². The monoisotopic (exact) mass is 230 g/mol. The minimum Gasteiger partial charge on any atom is -0.459 e. The van der Waals surface area contributed by atoms with E-state index in [9.17, 15) is 4.79 Å². The van der Waals surface area contributed by atoms with Crippen LogP contribution in [0.4, 0.5) is 11.4 Å². The molecular formula is C13H14N2O2. The van der Waals surface area contributed by atoms with Crippen molar-refractivity contribution in [1.82, 2.24) is 0 Å². The Kier molecular flexibility index (Phi) is 2.87. The molecule has 17 heavy (non-hydrogen) atoms. The van der Waals surface area contributed by atoms with Crippen LogP contribution in [0, 0.1) is 13.8 Å². The lowest BCUT2D eigenvalue weighted by atomic mass is 10.2. The summed E-state index contributed by atoms with van der Waals surface area (Å²) in [4.78, 5) is 11.9. The van der Waals surface area contributed by atoms with Crippen molar-refractivity contribution in [2.75, 3.05) is 11.1 Å². The Hall–Kier alpha value is -2.23. The van der Waals surface area contributed by atoms with Gasteiger partial charge in [-0.2, -0.15) is 0 Å². The highest BCUT2D eigenvalue weighted by Gasteiger charge is 2.13. The third-order valence-corrected chi connectivity index (χ3v) is 2.53. The third kappa shape index (κ3) is 2.30. The SMILES string of the molecule is Cc1ccc(N)c(NC(=O)c2occc2C)c1. The summed E-state index contributed by atoms with van der Waals surface area (Å²) in [6.07, 6.45) is 1.49. The number of aryl methyl sites for hydroxylation is 2. The van der Waals surface area contributed by atoms with Crippen molar-refractivity contribution in [2.24, 2.45) is 0 Å². The quantitative estimate of drug-likeness (QED) is 0.779. The van der Waals surface area contributed by atoms with Crippen molar-refractivity contribution in [3.63, 3.8) is 0 Å². The molecule has 0 unspecified atom stereocenters. The number of hydrogen-bond acceptors (Lipinski definition) is 3. The van der Waals surface area contributed by atoms with Crippen LogP contribution in [-0.4, -0.2) is 5.91 Å². The van der Waals surface area contributed by atoms with Crippen molar-refractivity contribution in [3.8, 4) is 0 Å². The highest BCUT2D eigenvalue weighted by atomic mass is 16.3. The summed E-state index contributed by atoms with van der Waals surface area (Å²) < 4.78 is 5.12. The van der Waals surface area contributed by atoms with Crippen LogP contribution in [0.15, 0.2) is 34.9 Å². The number of nitrogen functional groups attached to an aromatic ring is 1. The van der Waals surface area contributed by atoms with E-state index in [1.54, 1.807) is 12.1 Å². The largest absolute Gasteiger partial charge is 0.459 e. The Balaban J connectivity index is 2.24. The molecule has 4 heteroatoms. The molecule has 4 nitrogen and oxygen atoms in total. The minimum absolute atomic E-state index is 0.287. The van der Waals surface area contributed by atoms with Gasteiger partial charge in [-0.1, -0.05) is 6.07 Å². The molecule has 0 bridgehead atoms. The number of carbonyl (C=O) groups excluding carboxylic acids is 1. The summed E-state index contributed by atoms with van der Waals surface area (Å²) >= 11 is 0. The van der Waals surface area contributed by atoms with Crippen LogP contribution >= 0.6 is 0 Å². The molecule has 0 aliphatic carbocycles. The van der Waals surface area contributed by atoms with Crippen LogP contribution in [0.2, 0.25) is 0 Å². The van der Waals surface area contributed by atoms with E-state index in [0.29, 0.717) is 17.1 Å². The van der Waals surface area contributed by atoms with E-state index < -0.39 is 0 Å². The first-order valence-corrected chi connectivity index (χ1v) is 5.29. The molecule has 1 aromatic carbocycles. The lowest BCUT2D eigenvalue weighted by molar-refractivity contribution is 0.0996. The summed E-state index contributed by atoms with van der Waals surface area (Å²) in [6.45, 7) is 3.76. The van der Waals surface area contributed by atoms with E-state index in [-0.39, 0.29) is 5.91 Å². The Morgan fingerprint density at radius 3 is 2.71 bits per heavy atom. The standard InChI is InChI=1S/C13H14N2O2/c1-8-3-4-10(14)11(7-8)15-13(16)12-9(2)5-6-17-12/h3-7H,14H2,1-2H3,(H,15,16). The van der Waals surface area contributed by atoms with Crippen LogP contribution < -0.4 is 11.1 Å². The van der Waals surface area contributed by atoms with Crippen LogP contribution in [0.5, 0.6) is 0 Å². The predicted octanol–water partition coefficient (Wildman–Crippen LogP) is 2.73. The van der Waals surface area contributed by atoms with Gasteiger partial charge in [0.15, 0.2) is 5.76 Å². The fourth-order valence-electron chi connectivity index (χ4n) is 1.56. The van der Waals surface area contributed by atoms with Crippen molar-refractivity contribution in [3.05, 3.63) is 47.4 Å². The Morgan fingerprint density at radius 1 is 1.29 bits per heavy atom. The topological polar surface area (TPSA) is 68.3 Å². The maximum absolute atomic E-state index is 11.9. The number of carbonyl (C=O) groups is 1. The maximum Gasteiger partial charge on any atom is 0.291 e. The second-order valence-corrected chi connectivity index (χ2v) is 3.98. The number of furan rings is 1. The zero-order valence-electron chi connectivity index (χ0n) is 9.78. The van der Waals surface area contributed by atoms with Crippen molar-refractivity contribution < 1.29 is 9.21 Å². The third-order valence-electron chi connectivity index (χ3n) is 2.53. The maximum atomic E-state index is 11.9. The van der Waals surface area contributed by atoms with Gasteiger partial charge in [-0.05, 0) is 37.6 Å². The highest BCUT2D eigenvalue weighted by molar-refractivity contribution is 6.04. The lowest BCUT2D eigenvalue weighted by Crippen LogP contribution is -2.13. The molecule has 1 amide bonds. The molecule has 88 valence electrons. The van der Waals surface area contributed by atoms with E-state index in [1.165, 1.54) is 6.26 Å². The van der Waals surface area contributed by atoms with E-state index >= 15 is 0 Å². The molecule has 2 aromatic rings. The molecule has 0 aliphatic heterocycles. The predicted molar refractivity (Wildman–Crippen MR) is 67.0 cm³/mol. The molecule has 0 spiro atoms. The van der Waals surface area contributed by atoms with Crippen LogP contribution in [0.1, 0.15) is 21.7 Å². The van der Waals surface area contributed by atoms with E-state index in [2.05, 4.69) is 5.32 Å². The van der Waals surface area contributed by atoms with Crippen molar-refractivity contribution >= 4 is 17.3 Å². The first-order valence-electron chi connectivity index (χ1n) is 5.29. The number of hydrogen-bond donors (Lipinski definition) is 2. The Bertz CT molecular complexity index is 558.